The van der Waals surface area contributed by atoms with E-state index >= 15 is 0 Å². The molecule has 0 radical (unpaired) electrons. The van der Waals surface area contributed by atoms with Gasteiger partial charge in [0.05, 0.1) is 6.04 Å². The third-order valence-corrected chi connectivity index (χ3v) is 4.56. The zero-order valence-corrected chi connectivity index (χ0v) is 12.0. The lowest BCUT2D eigenvalue weighted by Gasteiger charge is -2.32. The standard InChI is InChI=1S/C16H16FNOS/c1-18-16(11-5-4-6-12(17)9-11)14-10-20-15-8-3-2-7-13(15)19-14/h2-9,14,16,18H,10H2,1H3. The van der Waals surface area contributed by atoms with Gasteiger partial charge in [-0.3, -0.25) is 0 Å². The number of nitrogens with one attached hydrogen (secondary N) is 1. The Labute approximate surface area is 122 Å². The average Bonchev–Trinajstić information content (AvgIpc) is 2.48. The Balaban J connectivity index is 1.85. The third-order valence-electron chi connectivity index (χ3n) is 3.42. The van der Waals surface area contributed by atoms with Crippen molar-refractivity contribution in [3.8, 4) is 5.75 Å². The lowest BCUT2D eigenvalue weighted by molar-refractivity contribution is 0.171. The molecule has 0 saturated carbocycles. The number of fused-ring (bicyclic) bond motifs is 1. The van der Waals surface area contributed by atoms with Crippen LogP contribution < -0.4 is 10.1 Å². The molecule has 0 spiro atoms. The Hall–Kier alpha value is -1.52. The molecular formula is C16H16FNOS. The van der Waals surface area contributed by atoms with Gasteiger partial charge in [0, 0.05) is 10.6 Å². The van der Waals surface area contributed by atoms with Crippen LogP contribution in [-0.2, 0) is 0 Å². The smallest absolute Gasteiger partial charge is 0.133 e. The number of hydrogen-bond acceptors (Lipinski definition) is 3. The Morgan fingerprint density at radius 3 is 2.90 bits per heavy atom. The molecule has 0 saturated heterocycles. The molecule has 1 N–H and O–H groups in total. The number of thioether (sulfide) groups is 1. The fraction of sp³-hybridized carbons (Fsp3) is 0.250. The molecule has 0 aliphatic carbocycles. The summed E-state index contributed by atoms with van der Waals surface area (Å²) < 4.78 is 19.5. The summed E-state index contributed by atoms with van der Waals surface area (Å²) in [4.78, 5) is 1.16. The van der Waals surface area contributed by atoms with Crippen molar-refractivity contribution in [1.29, 1.82) is 0 Å². The van der Waals surface area contributed by atoms with Gasteiger partial charge in [-0.1, -0.05) is 24.3 Å². The summed E-state index contributed by atoms with van der Waals surface area (Å²) in [6.45, 7) is 0. The van der Waals surface area contributed by atoms with Gasteiger partial charge in [-0.2, -0.15) is 0 Å². The van der Waals surface area contributed by atoms with Gasteiger partial charge < -0.3 is 10.1 Å². The van der Waals surface area contributed by atoms with Crippen molar-refractivity contribution < 1.29 is 9.13 Å². The minimum absolute atomic E-state index is 0.0123. The molecule has 0 bridgehead atoms. The maximum atomic E-state index is 13.4. The minimum atomic E-state index is -0.216. The first-order valence-electron chi connectivity index (χ1n) is 6.59. The molecule has 0 amide bonds. The van der Waals surface area contributed by atoms with Crippen molar-refractivity contribution in [2.45, 2.75) is 17.0 Å². The second kappa shape index (κ2) is 5.85. The van der Waals surface area contributed by atoms with Gasteiger partial charge in [0.1, 0.15) is 17.7 Å². The molecule has 2 aromatic rings. The van der Waals surface area contributed by atoms with Crippen LogP contribution in [0, 0.1) is 5.82 Å². The van der Waals surface area contributed by atoms with E-state index < -0.39 is 0 Å². The molecule has 2 nitrogen and oxygen atoms in total. The van der Waals surface area contributed by atoms with E-state index in [0.29, 0.717) is 0 Å². The minimum Gasteiger partial charge on any atom is -0.486 e. The van der Waals surface area contributed by atoms with E-state index in [4.69, 9.17) is 4.74 Å². The van der Waals surface area contributed by atoms with Crippen LogP contribution in [0.4, 0.5) is 4.39 Å². The highest BCUT2D eigenvalue weighted by Crippen LogP contribution is 2.38. The fourth-order valence-corrected chi connectivity index (χ4v) is 3.50. The summed E-state index contributed by atoms with van der Waals surface area (Å²) in [5, 5.41) is 3.24. The summed E-state index contributed by atoms with van der Waals surface area (Å²) in [6, 6.07) is 14.7. The molecule has 2 aromatic carbocycles. The molecule has 2 unspecified atom stereocenters. The van der Waals surface area contributed by atoms with Crippen LogP contribution in [0.1, 0.15) is 11.6 Å². The normalized spacial score (nSPS) is 19.0. The predicted octanol–water partition coefficient (Wildman–Crippen LogP) is 3.64. The van der Waals surface area contributed by atoms with E-state index in [9.17, 15) is 4.39 Å². The molecule has 1 heterocycles. The van der Waals surface area contributed by atoms with E-state index in [1.807, 2.05) is 31.3 Å². The van der Waals surface area contributed by atoms with E-state index in [1.54, 1.807) is 23.9 Å². The molecule has 20 heavy (non-hydrogen) atoms. The molecule has 1 aliphatic heterocycles. The second-order valence-corrected chi connectivity index (χ2v) is 5.80. The molecule has 3 rings (SSSR count). The summed E-state index contributed by atoms with van der Waals surface area (Å²) in [5.74, 6) is 1.54. The number of benzene rings is 2. The number of para-hydroxylation sites is 1. The van der Waals surface area contributed by atoms with Gasteiger partial charge in [-0.25, -0.2) is 4.39 Å². The van der Waals surface area contributed by atoms with Gasteiger partial charge in [0.2, 0.25) is 0 Å². The van der Waals surface area contributed by atoms with Gasteiger partial charge >= 0.3 is 0 Å². The van der Waals surface area contributed by atoms with Crippen molar-refractivity contribution in [2.75, 3.05) is 12.8 Å². The SMILES string of the molecule is CNC(c1cccc(F)c1)C1CSc2ccccc2O1. The highest BCUT2D eigenvalue weighted by atomic mass is 32.2. The number of likely N-dealkylation sites (N-methyl/N-ethyl adjacent to an activating group) is 1. The maximum Gasteiger partial charge on any atom is 0.133 e. The Bertz CT molecular complexity index is 605. The van der Waals surface area contributed by atoms with Crippen LogP contribution in [0.2, 0.25) is 0 Å². The zero-order valence-electron chi connectivity index (χ0n) is 11.2. The highest BCUT2D eigenvalue weighted by molar-refractivity contribution is 7.99. The summed E-state index contributed by atoms with van der Waals surface area (Å²) in [5.41, 5.74) is 0.914. The first-order chi connectivity index (χ1) is 9.78. The Morgan fingerprint density at radius 1 is 1.25 bits per heavy atom. The summed E-state index contributed by atoms with van der Waals surface area (Å²) in [6.07, 6.45) is -0.0123. The van der Waals surface area contributed by atoms with Gasteiger partial charge in [0.15, 0.2) is 0 Å². The van der Waals surface area contributed by atoms with Crippen molar-refractivity contribution in [2.24, 2.45) is 0 Å². The fourth-order valence-electron chi connectivity index (χ4n) is 2.47. The van der Waals surface area contributed by atoms with Gasteiger partial charge in [0.25, 0.3) is 0 Å². The molecular weight excluding hydrogens is 273 g/mol. The zero-order chi connectivity index (χ0) is 13.9. The topological polar surface area (TPSA) is 21.3 Å². The summed E-state index contributed by atoms with van der Waals surface area (Å²) in [7, 11) is 1.88. The number of halogens is 1. The van der Waals surface area contributed by atoms with E-state index in [0.717, 1.165) is 22.0 Å². The highest BCUT2D eigenvalue weighted by Gasteiger charge is 2.28. The number of ether oxygens (including phenoxy) is 1. The van der Waals surface area contributed by atoms with Gasteiger partial charge in [-0.05, 0) is 36.9 Å². The predicted molar refractivity (Wildman–Crippen MR) is 79.8 cm³/mol. The van der Waals surface area contributed by atoms with E-state index in [1.165, 1.54) is 6.07 Å². The molecule has 0 aromatic heterocycles. The van der Waals surface area contributed by atoms with E-state index in [-0.39, 0.29) is 18.0 Å². The monoisotopic (exact) mass is 289 g/mol. The second-order valence-electron chi connectivity index (χ2n) is 4.74. The lowest BCUT2D eigenvalue weighted by Crippen LogP contribution is -2.37. The molecule has 104 valence electrons. The molecule has 2 atom stereocenters. The number of hydrogen-bond donors (Lipinski definition) is 1. The van der Waals surface area contributed by atoms with E-state index in [2.05, 4.69) is 11.4 Å². The quantitative estimate of drug-likeness (QED) is 0.932. The third kappa shape index (κ3) is 2.67. The Kier molecular flexibility index (Phi) is 3.94. The summed E-state index contributed by atoms with van der Waals surface area (Å²) >= 11 is 1.78. The Morgan fingerprint density at radius 2 is 2.10 bits per heavy atom. The van der Waals surface area contributed by atoms with Crippen LogP contribution in [0.3, 0.4) is 0 Å². The van der Waals surface area contributed by atoms with Crippen molar-refractivity contribution in [3.05, 3.63) is 59.9 Å². The van der Waals surface area contributed by atoms with Crippen LogP contribution in [0.25, 0.3) is 0 Å². The molecule has 1 aliphatic rings. The lowest BCUT2D eigenvalue weighted by atomic mass is 10.0. The van der Waals surface area contributed by atoms with Crippen LogP contribution in [0.5, 0.6) is 5.75 Å². The maximum absolute atomic E-state index is 13.4. The van der Waals surface area contributed by atoms with Gasteiger partial charge in [-0.15, -0.1) is 11.8 Å². The number of rotatable bonds is 3. The average molecular weight is 289 g/mol. The van der Waals surface area contributed by atoms with Crippen LogP contribution in [0.15, 0.2) is 53.4 Å². The molecule has 0 fully saturated rings. The van der Waals surface area contributed by atoms with Crippen molar-refractivity contribution in [3.63, 3.8) is 0 Å². The molecule has 4 heteroatoms. The van der Waals surface area contributed by atoms with Crippen LogP contribution in [-0.4, -0.2) is 18.9 Å². The van der Waals surface area contributed by atoms with Crippen LogP contribution >= 0.6 is 11.8 Å². The first-order valence-corrected chi connectivity index (χ1v) is 7.57. The first kappa shape index (κ1) is 13.5. The van der Waals surface area contributed by atoms with Crippen molar-refractivity contribution >= 4 is 11.8 Å². The largest absolute Gasteiger partial charge is 0.486 e. The van der Waals surface area contributed by atoms with Crippen molar-refractivity contribution in [1.82, 2.24) is 5.32 Å².